The molecular weight excluding hydrogens is 509 g/mol. The Hall–Kier alpha value is -2.78. The predicted molar refractivity (Wildman–Crippen MR) is 154 cm³/mol. The summed E-state index contributed by atoms with van der Waals surface area (Å²) in [6, 6.07) is 4.87. The molecule has 0 bridgehead atoms. The number of carbonyl (C=O) groups is 3. The van der Waals surface area contributed by atoms with E-state index in [0.29, 0.717) is 39.0 Å². The summed E-state index contributed by atoms with van der Waals surface area (Å²) in [6.45, 7) is 9.00. The number of hydrogen-bond acceptors (Lipinski definition) is 5. The number of piperidine rings is 1. The largest absolute Gasteiger partial charge is 0.351 e. The van der Waals surface area contributed by atoms with Crippen LogP contribution in [-0.2, 0) is 20.8 Å². The number of carbonyl (C=O) groups excluding carboxylic acids is 3. The van der Waals surface area contributed by atoms with E-state index in [1.54, 1.807) is 17.0 Å². The van der Waals surface area contributed by atoms with Crippen molar-refractivity contribution in [2.24, 2.45) is 11.3 Å². The molecule has 0 spiro atoms. The summed E-state index contributed by atoms with van der Waals surface area (Å²) >= 11 is 0. The van der Waals surface area contributed by atoms with E-state index in [9.17, 15) is 18.8 Å². The number of likely N-dealkylation sites (tertiary alicyclic amines) is 1. The summed E-state index contributed by atoms with van der Waals surface area (Å²) < 4.78 is 13.6. The van der Waals surface area contributed by atoms with Crippen LogP contribution in [0, 0.1) is 17.2 Å². The monoisotopic (exact) mass is 555 g/mol. The molecule has 2 aliphatic heterocycles. The van der Waals surface area contributed by atoms with Crippen molar-refractivity contribution in [3.05, 3.63) is 47.8 Å². The van der Waals surface area contributed by atoms with Gasteiger partial charge < -0.3 is 25.8 Å². The van der Waals surface area contributed by atoms with Gasteiger partial charge in [0.2, 0.25) is 17.7 Å². The third kappa shape index (κ3) is 7.49. The normalized spacial score (nSPS) is 24.3. The van der Waals surface area contributed by atoms with Gasteiger partial charge in [-0.05, 0) is 83.5 Å². The van der Waals surface area contributed by atoms with Crippen LogP contribution in [0.2, 0.25) is 0 Å². The Kier molecular flexibility index (Phi) is 9.67. The Bertz CT molecular complexity index is 1080. The van der Waals surface area contributed by atoms with E-state index in [2.05, 4.69) is 33.0 Å². The summed E-state index contributed by atoms with van der Waals surface area (Å²) in [5, 5.41) is 9.47. The van der Waals surface area contributed by atoms with E-state index in [1.165, 1.54) is 12.1 Å². The van der Waals surface area contributed by atoms with Gasteiger partial charge >= 0.3 is 0 Å². The summed E-state index contributed by atoms with van der Waals surface area (Å²) in [4.78, 5) is 44.8. The van der Waals surface area contributed by atoms with Crippen LogP contribution >= 0.6 is 0 Å². The van der Waals surface area contributed by atoms with Gasteiger partial charge in [0.1, 0.15) is 11.9 Å². The Morgan fingerprint density at radius 2 is 1.82 bits per heavy atom. The Labute approximate surface area is 238 Å². The summed E-state index contributed by atoms with van der Waals surface area (Å²) in [7, 11) is 1.97. The second-order valence-electron chi connectivity index (χ2n) is 12.8. The maximum Gasteiger partial charge on any atom is 0.245 e. The van der Waals surface area contributed by atoms with E-state index < -0.39 is 17.5 Å². The van der Waals surface area contributed by atoms with Crippen molar-refractivity contribution >= 4 is 17.7 Å². The first-order valence-corrected chi connectivity index (χ1v) is 14.7. The van der Waals surface area contributed by atoms with E-state index >= 15 is 0 Å². The number of halogens is 1. The highest BCUT2D eigenvalue weighted by Crippen LogP contribution is 2.44. The van der Waals surface area contributed by atoms with Crippen molar-refractivity contribution < 1.29 is 18.8 Å². The smallest absolute Gasteiger partial charge is 0.245 e. The standard InChI is InChI=1S/C31H46FN5O3/c1-30(2,3)35-29(40)31(23-8-6-5-7-9-23)14-17-37(18-15-31)28(39)25(20-22-10-12-24(32)13-11-22)34-27(38)26-21-36(4)19-16-33-26/h6,8,10-13,23,25-26,33H,5,7,9,14-21H2,1-4H3,(H,34,38)(H,35,40)/t23?,25-,26+/m0/s1. The number of likely N-dealkylation sites (N-methyl/N-ethyl adjacent to an activating group) is 1. The molecule has 220 valence electrons. The fraction of sp³-hybridized carbons (Fsp3) is 0.645. The molecule has 3 amide bonds. The summed E-state index contributed by atoms with van der Waals surface area (Å²) in [6.07, 6.45) is 8.86. The van der Waals surface area contributed by atoms with Gasteiger partial charge in [0.15, 0.2) is 0 Å². The molecule has 1 aliphatic carbocycles. The zero-order chi connectivity index (χ0) is 28.9. The Morgan fingerprint density at radius 3 is 2.42 bits per heavy atom. The first-order chi connectivity index (χ1) is 19.0. The average molecular weight is 556 g/mol. The molecule has 1 aromatic rings. The highest BCUT2D eigenvalue weighted by Gasteiger charge is 2.48. The number of nitrogens with zero attached hydrogens (tertiary/aromatic N) is 2. The van der Waals surface area contributed by atoms with Crippen molar-refractivity contribution in [1.29, 1.82) is 0 Å². The quantitative estimate of drug-likeness (QED) is 0.450. The van der Waals surface area contributed by atoms with Crippen LogP contribution in [-0.4, -0.2) is 84.9 Å². The molecule has 8 nitrogen and oxygen atoms in total. The number of nitrogens with one attached hydrogen (secondary N) is 3. The second kappa shape index (κ2) is 12.8. The van der Waals surface area contributed by atoms with Crippen molar-refractivity contribution in [2.45, 2.75) is 76.9 Å². The topological polar surface area (TPSA) is 93.8 Å². The molecule has 0 aromatic heterocycles. The lowest BCUT2D eigenvalue weighted by atomic mass is 9.64. The van der Waals surface area contributed by atoms with Crippen molar-refractivity contribution in [1.82, 2.24) is 25.8 Å². The van der Waals surface area contributed by atoms with Gasteiger partial charge in [-0.25, -0.2) is 4.39 Å². The minimum atomic E-state index is -0.780. The lowest BCUT2D eigenvalue weighted by Gasteiger charge is -2.47. The highest BCUT2D eigenvalue weighted by molar-refractivity contribution is 5.90. The minimum absolute atomic E-state index is 0.0623. The van der Waals surface area contributed by atoms with Crippen LogP contribution in [0.5, 0.6) is 0 Å². The minimum Gasteiger partial charge on any atom is -0.351 e. The average Bonchev–Trinajstić information content (AvgIpc) is 2.93. The lowest BCUT2D eigenvalue weighted by Crippen LogP contribution is -2.61. The fourth-order valence-corrected chi connectivity index (χ4v) is 6.25. The molecule has 4 rings (SSSR count). The first-order valence-electron chi connectivity index (χ1n) is 14.7. The van der Waals surface area contributed by atoms with Crippen molar-refractivity contribution in [2.75, 3.05) is 39.8 Å². The third-order valence-corrected chi connectivity index (χ3v) is 8.53. The van der Waals surface area contributed by atoms with Gasteiger partial charge in [0, 0.05) is 44.7 Å². The van der Waals surface area contributed by atoms with Crippen LogP contribution in [0.25, 0.3) is 0 Å². The van der Waals surface area contributed by atoms with E-state index in [1.807, 2.05) is 27.8 Å². The molecule has 3 N–H and O–H groups in total. The molecule has 3 atom stereocenters. The van der Waals surface area contributed by atoms with Gasteiger partial charge in [-0.1, -0.05) is 24.3 Å². The van der Waals surface area contributed by atoms with Crippen LogP contribution in [0.3, 0.4) is 0 Å². The summed E-state index contributed by atoms with van der Waals surface area (Å²) in [5.74, 6) is -0.513. The van der Waals surface area contributed by atoms with E-state index in [4.69, 9.17) is 0 Å². The van der Waals surface area contributed by atoms with Gasteiger partial charge in [-0.3, -0.25) is 14.4 Å². The zero-order valence-corrected chi connectivity index (χ0v) is 24.5. The fourth-order valence-electron chi connectivity index (χ4n) is 6.25. The maximum atomic E-state index is 13.9. The highest BCUT2D eigenvalue weighted by atomic mass is 19.1. The van der Waals surface area contributed by atoms with E-state index in [0.717, 1.165) is 31.4 Å². The maximum absolute atomic E-state index is 13.9. The van der Waals surface area contributed by atoms with Crippen molar-refractivity contribution in [3.63, 3.8) is 0 Å². The SMILES string of the molecule is CN1CCN[C@@H](C(=O)N[C@@H](Cc2ccc(F)cc2)C(=O)N2CCC(C(=O)NC(C)(C)C)(C3C=CCCC3)CC2)C1. The first kappa shape index (κ1) is 30.2. The number of hydrogen-bond donors (Lipinski definition) is 3. The van der Waals surface area contributed by atoms with Gasteiger partial charge in [-0.2, -0.15) is 0 Å². The number of rotatable bonds is 7. The molecule has 2 saturated heterocycles. The third-order valence-electron chi connectivity index (χ3n) is 8.53. The molecule has 0 radical (unpaired) electrons. The van der Waals surface area contributed by atoms with Crippen LogP contribution in [0.1, 0.15) is 58.4 Å². The number of piperazine rings is 1. The Balaban J connectivity index is 1.51. The molecule has 0 saturated carbocycles. The second-order valence-corrected chi connectivity index (χ2v) is 12.8. The Morgan fingerprint density at radius 1 is 1.12 bits per heavy atom. The molecule has 1 aromatic carbocycles. The van der Waals surface area contributed by atoms with Crippen LogP contribution < -0.4 is 16.0 Å². The molecule has 2 fully saturated rings. The lowest BCUT2D eigenvalue weighted by molar-refractivity contribution is -0.146. The predicted octanol–water partition coefficient (Wildman–Crippen LogP) is 2.64. The molecule has 9 heteroatoms. The molecule has 2 heterocycles. The van der Waals surface area contributed by atoms with Gasteiger partial charge in [-0.15, -0.1) is 0 Å². The molecule has 1 unspecified atom stereocenters. The summed E-state index contributed by atoms with van der Waals surface area (Å²) in [5.41, 5.74) is -0.133. The number of amides is 3. The van der Waals surface area contributed by atoms with Crippen LogP contribution in [0.4, 0.5) is 4.39 Å². The zero-order valence-electron chi connectivity index (χ0n) is 24.5. The molecular formula is C31H46FN5O3. The van der Waals surface area contributed by atoms with Crippen molar-refractivity contribution in [3.8, 4) is 0 Å². The molecule has 3 aliphatic rings. The molecule has 40 heavy (non-hydrogen) atoms. The van der Waals surface area contributed by atoms with Gasteiger partial charge in [0.05, 0.1) is 11.5 Å². The van der Waals surface area contributed by atoms with Gasteiger partial charge in [0.25, 0.3) is 0 Å². The van der Waals surface area contributed by atoms with E-state index in [-0.39, 0.29) is 41.4 Å². The number of benzene rings is 1. The number of allylic oxidation sites excluding steroid dienone is 2. The van der Waals surface area contributed by atoms with Crippen LogP contribution in [0.15, 0.2) is 36.4 Å².